The van der Waals surface area contributed by atoms with Gasteiger partial charge in [0.05, 0.1) is 29.1 Å². The van der Waals surface area contributed by atoms with Crippen LogP contribution in [-0.2, 0) is 21.0 Å². The number of carbonyl (C=O) groups excluding carboxylic acids is 1. The van der Waals surface area contributed by atoms with E-state index in [1.165, 1.54) is 25.2 Å². The highest BCUT2D eigenvalue weighted by molar-refractivity contribution is 7.92. The van der Waals surface area contributed by atoms with Crippen molar-refractivity contribution in [3.63, 3.8) is 0 Å². The number of nitrogens with one attached hydrogen (secondary N) is 2. The molecule has 1 unspecified atom stereocenters. The van der Waals surface area contributed by atoms with Crippen molar-refractivity contribution in [3.8, 4) is 5.75 Å². The second-order valence-corrected chi connectivity index (χ2v) is 8.65. The molecule has 0 radical (unpaired) electrons. The van der Waals surface area contributed by atoms with Crippen molar-refractivity contribution in [3.05, 3.63) is 48.0 Å². The third-order valence-corrected chi connectivity index (χ3v) is 6.36. The zero-order valence-electron chi connectivity index (χ0n) is 16.5. The fourth-order valence-corrected chi connectivity index (χ4v) is 4.66. The lowest BCUT2D eigenvalue weighted by Crippen LogP contribution is -2.45. The minimum Gasteiger partial charge on any atom is -0.486 e. The van der Waals surface area contributed by atoms with Crippen LogP contribution in [0.1, 0.15) is 12.0 Å². The number of hydrogen-bond donors (Lipinski definition) is 3. The van der Waals surface area contributed by atoms with E-state index < -0.39 is 44.8 Å². The summed E-state index contributed by atoms with van der Waals surface area (Å²) in [4.78, 5) is 22.1. The standard InChI is InChI=1S/C19H18F3N3O6S/c1-23-17(26)9-13-10-25(15-8-12(24-18(27)28)5-6-16(15)31-13)32(29,30)14-4-2-3-11(7-14)19(20,21)22/h2-8,13,24H,9-10H2,1H3,(H,23,26)(H,27,28). The van der Waals surface area contributed by atoms with Gasteiger partial charge in [-0.05, 0) is 36.4 Å². The number of fused-ring (bicyclic) bond motifs is 1. The molecule has 2 aromatic rings. The zero-order valence-corrected chi connectivity index (χ0v) is 17.3. The summed E-state index contributed by atoms with van der Waals surface area (Å²) in [6, 6.07) is 7.07. The molecule has 3 rings (SSSR count). The van der Waals surface area contributed by atoms with E-state index in [1.54, 1.807) is 0 Å². The third-order valence-electron chi connectivity index (χ3n) is 4.58. The monoisotopic (exact) mass is 473 g/mol. The number of rotatable bonds is 5. The maximum Gasteiger partial charge on any atom is 0.416 e. The molecule has 0 fully saturated rings. The van der Waals surface area contributed by atoms with Gasteiger partial charge in [0, 0.05) is 12.7 Å². The molecule has 172 valence electrons. The van der Waals surface area contributed by atoms with Crippen molar-refractivity contribution in [1.29, 1.82) is 0 Å². The summed E-state index contributed by atoms with van der Waals surface area (Å²) in [5.41, 5.74) is -1.20. The van der Waals surface area contributed by atoms with E-state index in [0.29, 0.717) is 6.07 Å². The van der Waals surface area contributed by atoms with Crippen molar-refractivity contribution in [1.82, 2.24) is 5.32 Å². The molecular formula is C19H18F3N3O6S. The first-order valence-corrected chi connectivity index (χ1v) is 10.6. The van der Waals surface area contributed by atoms with E-state index in [4.69, 9.17) is 9.84 Å². The lowest BCUT2D eigenvalue weighted by Gasteiger charge is -2.35. The highest BCUT2D eigenvalue weighted by Crippen LogP contribution is 2.40. The second-order valence-electron chi connectivity index (χ2n) is 6.79. The van der Waals surface area contributed by atoms with Crippen molar-refractivity contribution < 1.29 is 41.0 Å². The van der Waals surface area contributed by atoms with Crippen LogP contribution in [0.3, 0.4) is 0 Å². The molecule has 9 nitrogen and oxygen atoms in total. The Labute approximate surface area is 180 Å². The molecule has 1 atom stereocenters. The zero-order chi connectivity index (χ0) is 23.7. The number of sulfonamides is 1. The van der Waals surface area contributed by atoms with E-state index in [0.717, 1.165) is 22.5 Å². The molecule has 3 N–H and O–H groups in total. The molecule has 1 heterocycles. The Bertz CT molecular complexity index is 1150. The Kier molecular flexibility index (Phi) is 6.21. The number of nitrogens with zero attached hydrogens (tertiary/aromatic N) is 1. The van der Waals surface area contributed by atoms with Crippen LogP contribution >= 0.6 is 0 Å². The number of benzene rings is 2. The Hall–Kier alpha value is -3.48. The van der Waals surface area contributed by atoms with Crippen molar-refractivity contribution >= 4 is 33.4 Å². The van der Waals surface area contributed by atoms with E-state index >= 15 is 0 Å². The number of alkyl halides is 3. The maximum atomic E-state index is 13.3. The summed E-state index contributed by atoms with van der Waals surface area (Å²) in [5, 5.41) is 13.4. The first kappa shape index (κ1) is 23.2. The van der Waals surface area contributed by atoms with Crippen LogP contribution in [0.15, 0.2) is 47.4 Å². The molecular weight excluding hydrogens is 455 g/mol. The summed E-state index contributed by atoms with van der Waals surface area (Å²) in [6.07, 6.45) is -7.29. The van der Waals surface area contributed by atoms with Gasteiger partial charge in [0.2, 0.25) is 5.91 Å². The molecule has 0 saturated carbocycles. The van der Waals surface area contributed by atoms with Gasteiger partial charge in [0.25, 0.3) is 10.0 Å². The van der Waals surface area contributed by atoms with E-state index in [1.807, 2.05) is 0 Å². The van der Waals surface area contributed by atoms with Gasteiger partial charge in [-0.3, -0.25) is 14.4 Å². The van der Waals surface area contributed by atoms with E-state index in [-0.39, 0.29) is 30.1 Å². The predicted octanol–water partition coefficient (Wildman–Crippen LogP) is 2.89. The van der Waals surface area contributed by atoms with Crippen LogP contribution < -0.4 is 19.7 Å². The second kappa shape index (κ2) is 8.57. The molecule has 0 spiro atoms. The molecule has 1 aliphatic rings. The summed E-state index contributed by atoms with van der Waals surface area (Å²) in [7, 11) is -3.14. The quantitative estimate of drug-likeness (QED) is 0.613. The minimum atomic E-state index is -4.76. The Balaban J connectivity index is 2.09. The van der Waals surface area contributed by atoms with Crippen molar-refractivity contribution in [2.45, 2.75) is 23.6 Å². The van der Waals surface area contributed by atoms with Gasteiger partial charge in [-0.1, -0.05) is 6.07 Å². The molecule has 0 aliphatic carbocycles. The van der Waals surface area contributed by atoms with Crippen molar-refractivity contribution in [2.75, 3.05) is 23.2 Å². The van der Waals surface area contributed by atoms with Crippen LogP contribution in [-0.4, -0.2) is 45.2 Å². The lowest BCUT2D eigenvalue weighted by molar-refractivity contribution is -0.137. The largest absolute Gasteiger partial charge is 0.486 e. The molecule has 2 amide bonds. The summed E-state index contributed by atoms with van der Waals surface area (Å²) in [6.45, 7) is -0.379. The molecule has 0 aromatic heterocycles. The molecule has 2 aromatic carbocycles. The fraction of sp³-hybridized carbons (Fsp3) is 0.263. The fourth-order valence-electron chi connectivity index (χ4n) is 3.12. The van der Waals surface area contributed by atoms with Crippen LogP contribution in [0.5, 0.6) is 5.75 Å². The lowest BCUT2D eigenvalue weighted by atomic mass is 10.1. The number of anilines is 2. The van der Waals surface area contributed by atoms with Crippen LogP contribution in [0, 0.1) is 0 Å². The molecule has 1 aliphatic heterocycles. The van der Waals surface area contributed by atoms with Crippen molar-refractivity contribution in [2.24, 2.45) is 0 Å². The van der Waals surface area contributed by atoms with E-state index in [9.17, 15) is 31.2 Å². The minimum absolute atomic E-state index is 0.0221. The maximum absolute atomic E-state index is 13.3. The average Bonchev–Trinajstić information content (AvgIpc) is 2.72. The Morgan fingerprint density at radius 1 is 1.22 bits per heavy atom. The third kappa shape index (κ3) is 4.88. The van der Waals surface area contributed by atoms with Crippen LogP contribution in [0.4, 0.5) is 29.3 Å². The number of ether oxygens (including phenoxy) is 1. The Morgan fingerprint density at radius 2 is 1.94 bits per heavy atom. The van der Waals surface area contributed by atoms with Gasteiger partial charge in [-0.15, -0.1) is 0 Å². The van der Waals surface area contributed by atoms with Gasteiger partial charge in [0.15, 0.2) is 0 Å². The topological polar surface area (TPSA) is 125 Å². The first-order chi connectivity index (χ1) is 14.9. The summed E-state index contributed by atoms with van der Waals surface area (Å²) < 4.78 is 72.5. The summed E-state index contributed by atoms with van der Waals surface area (Å²) >= 11 is 0. The van der Waals surface area contributed by atoms with Crippen LogP contribution in [0.25, 0.3) is 0 Å². The number of amides is 2. The molecule has 0 saturated heterocycles. The van der Waals surface area contributed by atoms with E-state index in [2.05, 4.69) is 10.6 Å². The number of halogens is 3. The predicted molar refractivity (Wildman–Crippen MR) is 107 cm³/mol. The van der Waals surface area contributed by atoms with Gasteiger partial charge >= 0.3 is 12.3 Å². The van der Waals surface area contributed by atoms with Gasteiger partial charge < -0.3 is 15.2 Å². The summed E-state index contributed by atoms with van der Waals surface area (Å²) in [5.74, 6) is -0.407. The molecule has 13 heteroatoms. The van der Waals surface area contributed by atoms with Crippen LogP contribution in [0.2, 0.25) is 0 Å². The Morgan fingerprint density at radius 3 is 2.56 bits per heavy atom. The highest BCUT2D eigenvalue weighted by atomic mass is 32.2. The smallest absolute Gasteiger partial charge is 0.416 e. The van der Waals surface area contributed by atoms with Gasteiger partial charge in [-0.25, -0.2) is 13.2 Å². The average molecular weight is 473 g/mol. The number of hydrogen-bond acceptors (Lipinski definition) is 5. The van der Waals surface area contributed by atoms with Gasteiger partial charge in [0.1, 0.15) is 11.9 Å². The number of carbonyl (C=O) groups is 2. The first-order valence-electron chi connectivity index (χ1n) is 9.13. The molecule has 0 bridgehead atoms. The normalized spacial score (nSPS) is 16.0. The highest BCUT2D eigenvalue weighted by Gasteiger charge is 2.37. The molecule has 32 heavy (non-hydrogen) atoms. The van der Waals surface area contributed by atoms with Gasteiger partial charge in [-0.2, -0.15) is 13.2 Å². The SMILES string of the molecule is CNC(=O)CC1CN(S(=O)(=O)c2cccc(C(F)(F)F)c2)c2cc(NC(=O)O)ccc2O1. The number of carboxylic acid groups (broad SMARTS) is 1.